The van der Waals surface area contributed by atoms with Crippen molar-refractivity contribution in [3.05, 3.63) is 94.8 Å². The van der Waals surface area contributed by atoms with Gasteiger partial charge in [-0.25, -0.2) is 12.8 Å². The molecular weight excluding hydrogens is 415 g/mol. The van der Waals surface area contributed by atoms with Crippen LogP contribution in [0.15, 0.2) is 77.7 Å². The zero-order valence-electron chi connectivity index (χ0n) is 15.5. The van der Waals surface area contributed by atoms with Crippen LogP contribution in [0.2, 0.25) is 5.02 Å². The Bertz CT molecular complexity index is 1150. The van der Waals surface area contributed by atoms with Crippen LogP contribution in [0.4, 0.5) is 10.1 Å². The van der Waals surface area contributed by atoms with Crippen molar-refractivity contribution >= 4 is 33.2 Å². The molecule has 29 heavy (non-hydrogen) atoms. The molecule has 0 bridgehead atoms. The Hall–Kier alpha value is -2.90. The maximum Gasteiger partial charge on any atom is 0.264 e. The van der Waals surface area contributed by atoms with Crippen molar-refractivity contribution in [1.29, 1.82) is 0 Å². The fraction of sp³-hybridized carbons (Fsp3) is 0.0952. The Morgan fingerprint density at radius 2 is 1.76 bits per heavy atom. The maximum atomic E-state index is 13.7. The standard InChI is InChI=1S/C21H18ClFN2O3S/c1-25(18-9-5-8-17(22)13-18)29(27,28)19-10-4-7-15(12-19)21(26)24-14-16-6-2-3-11-20(16)23/h2-13H,14H2,1H3,(H,24,26). The maximum absolute atomic E-state index is 13.7. The third-order valence-electron chi connectivity index (χ3n) is 4.32. The van der Waals surface area contributed by atoms with E-state index in [1.165, 1.54) is 43.4 Å². The Morgan fingerprint density at radius 1 is 1.03 bits per heavy atom. The molecule has 0 saturated heterocycles. The van der Waals surface area contributed by atoms with Gasteiger partial charge < -0.3 is 5.32 Å². The molecule has 0 spiro atoms. The van der Waals surface area contributed by atoms with Crippen LogP contribution in [0.3, 0.4) is 0 Å². The SMILES string of the molecule is CN(c1cccc(Cl)c1)S(=O)(=O)c1cccc(C(=O)NCc2ccccc2F)c1. The van der Waals surface area contributed by atoms with E-state index in [4.69, 9.17) is 11.6 Å². The monoisotopic (exact) mass is 432 g/mol. The van der Waals surface area contributed by atoms with Crippen LogP contribution in [0.25, 0.3) is 0 Å². The van der Waals surface area contributed by atoms with Gasteiger partial charge in [-0.1, -0.05) is 41.9 Å². The predicted octanol–water partition coefficient (Wildman–Crippen LogP) is 4.23. The molecule has 0 aliphatic rings. The molecule has 0 aliphatic carbocycles. The molecule has 3 aromatic carbocycles. The lowest BCUT2D eigenvalue weighted by atomic mass is 10.2. The van der Waals surface area contributed by atoms with E-state index in [2.05, 4.69) is 5.32 Å². The summed E-state index contributed by atoms with van der Waals surface area (Å²) in [6.45, 7) is -0.00903. The minimum atomic E-state index is -3.90. The molecule has 0 aromatic heterocycles. The van der Waals surface area contributed by atoms with Crippen molar-refractivity contribution in [2.45, 2.75) is 11.4 Å². The van der Waals surface area contributed by atoms with E-state index in [0.29, 0.717) is 16.3 Å². The van der Waals surface area contributed by atoms with Crippen molar-refractivity contribution in [2.75, 3.05) is 11.4 Å². The van der Waals surface area contributed by atoms with Gasteiger partial charge in [0.05, 0.1) is 10.6 Å². The van der Waals surface area contributed by atoms with Crippen LogP contribution in [0.5, 0.6) is 0 Å². The molecule has 3 aromatic rings. The van der Waals surface area contributed by atoms with Gasteiger partial charge in [-0.15, -0.1) is 0 Å². The fourth-order valence-corrected chi connectivity index (χ4v) is 4.10. The Labute approximate surface area is 173 Å². The van der Waals surface area contributed by atoms with Gasteiger partial charge in [0.1, 0.15) is 5.82 Å². The van der Waals surface area contributed by atoms with Crippen LogP contribution in [-0.2, 0) is 16.6 Å². The average Bonchev–Trinajstić information content (AvgIpc) is 2.72. The number of rotatable bonds is 6. The zero-order chi connectivity index (χ0) is 21.0. The summed E-state index contributed by atoms with van der Waals surface area (Å²) in [5.41, 5.74) is 0.888. The van der Waals surface area contributed by atoms with Crippen LogP contribution >= 0.6 is 11.6 Å². The molecule has 0 atom stereocenters. The van der Waals surface area contributed by atoms with E-state index in [1.807, 2.05) is 0 Å². The molecule has 0 aliphatic heterocycles. The largest absolute Gasteiger partial charge is 0.348 e. The highest BCUT2D eigenvalue weighted by atomic mass is 35.5. The number of sulfonamides is 1. The highest BCUT2D eigenvalue weighted by Crippen LogP contribution is 2.25. The normalized spacial score (nSPS) is 11.1. The summed E-state index contributed by atoms with van der Waals surface area (Å²) in [4.78, 5) is 12.4. The minimum absolute atomic E-state index is 0.00903. The summed E-state index contributed by atoms with van der Waals surface area (Å²) in [6.07, 6.45) is 0. The number of nitrogens with one attached hydrogen (secondary N) is 1. The second-order valence-electron chi connectivity index (χ2n) is 6.25. The number of benzene rings is 3. The number of hydrogen-bond acceptors (Lipinski definition) is 3. The molecule has 0 saturated carbocycles. The molecular formula is C21H18ClFN2O3S. The van der Waals surface area contributed by atoms with Crippen molar-refractivity contribution in [1.82, 2.24) is 5.32 Å². The number of nitrogens with zero attached hydrogens (tertiary/aromatic N) is 1. The zero-order valence-corrected chi connectivity index (χ0v) is 17.0. The molecule has 1 amide bonds. The number of halogens is 2. The van der Waals surface area contributed by atoms with Crippen molar-refractivity contribution in [3.63, 3.8) is 0 Å². The summed E-state index contributed by atoms with van der Waals surface area (Å²) in [7, 11) is -2.50. The van der Waals surface area contributed by atoms with E-state index < -0.39 is 21.7 Å². The van der Waals surface area contributed by atoms with E-state index in [1.54, 1.807) is 36.4 Å². The van der Waals surface area contributed by atoms with Crippen molar-refractivity contribution in [3.8, 4) is 0 Å². The number of anilines is 1. The number of hydrogen-bond donors (Lipinski definition) is 1. The van der Waals surface area contributed by atoms with Gasteiger partial charge in [-0.3, -0.25) is 9.10 Å². The van der Waals surface area contributed by atoms with Crippen LogP contribution in [0, 0.1) is 5.82 Å². The van der Waals surface area contributed by atoms with E-state index in [9.17, 15) is 17.6 Å². The predicted molar refractivity (Wildman–Crippen MR) is 111 cm³/mol. The topological polar surface area (TPSA) is 66.5 Å². The third-order valence-corrected chi connectivity index (χ3v) is 6.34. The first kappa shape index (κ1) is 20.8. The molecule has 3 rings (SSSR count). The lowest BCUT2D eigenvalue weighted by Crippen LogP contribution is -2.27. The van der Waals surface area contributed by atoms with Crippen LogP contribution in [0.1, 0.15) is 15.9 Å². The Balaban J connectivity index is 1.81. The summed E-state index contributed by atoms with van der Waals surface area (Å²) >= 11 is 5.95. The number of amides is 1. The highest BCUT2D eigenvalue weighted by molar-refractivity contribution is 7.92. The number of carbonyl (C=O) groups excluding carboxylic acids is 1. The van der Waals surface area contributed by atoms with Gasteiger partial charge in [-0.05, 0) is 42.5 Å². The molecule has 1 N–H and O–H groups in total. The minimum Gasteiger partial charge on any atom is -0.348 e. The average molecular weight is 433 g/mol. The van der Waals surface area contributed by atoms with Gasteiger partial charge in [0.15, 0.2) is 0 Å². The van der Waals surface area contributed by atoms with E-state index in [0.717, 1.165) is 4.31 Å². The summed E-state index contributed by atoms with van der Waals surface area (Å²) in [6, 6.07) is 18.2. The molecule has 150 valence electrons. The summed E-state index contributed by atoms with van der Waals surface area (Å²) in [5, 5.41) is 3.01. The van der Waals surface area contributed by atoms with Gasteiger partial charge in [0.2, 0.25) is 0 Å². The molecule has 0 unspecified atom stereocenters. The lowest BCUT2D eigenvalue weighted by molar-refractivity contribution is 0.0950. The smallest absolute Gasteiger partial charge is 0.264 e. The van der Waals surface area contributed by atoms with E-state index >= 15 is 0 Å². The molecule has 0 fully saturated rings. The van der Waals surface area contributed by atoms with Gasteiger partial charge in [0.25, 0.3) is 15.9 Å². The molecule has 8 heteroatoms. The summed E-state index contributed by atoms with van der Waals surface area (Å²) in [5.74, 6) is -0.928. The van der Waals surface area contributed by atoms with Gasteiger partial charge in [0, 0.05) is 29.7 Å². The van der Waals surface area contributed by atoms with Crippen LogP contribution < -0.4 is 9.62 Å². The van der Waals surface area contributed by atoms with Crippen molar-refractivity contribution < 1.29 is 17.6 Å². The highest BCUT2D eigenvalue weighted by Gasteiger charge is 2.22. The molecule has 0 heterocycles. The van der Waals surface area contributed by atoms with E-state index in [-0.39, 0.29) is 17.0 Å². The Morgan fingerprint density at radius 3 is 2.48 bits per heavy atom. The molecule has 5 nitrogen and oxygen atoms in total. The first-order valence-electron chi connectivity index (χ1n) is 8.65. The van der Waals surface area contributed by atoms with Crippen molar-refractivity contribution in [2.24, 2.45) is 0 Å². The second-order valence-corrected chi connectivity index (χ2v) is 8.66. The third kappa shape index (κ3) is 4.75. The van der Waals surface area contributed by atoms with Gasteiger partial charge in [-0.2, -0.15) is 0 Å². The quantitative estimate of drug-likeness (QED) is 0.633. The molecule has 0 radical (unpaired) electrons. The number of carbonyl (C=O) groups is 1. The van der Waals surface area contributed by atoms with Gasteiger partial charge >= 0.3 is 0 Å². The lowest BCUT2D eigenvalue weighted by Gasteiger charge is -2.20. The fourth-order valence-electron chi connectivity index (χ4n) is 2.69. The first-order valence-corrected chi connectivity index (χ1v) is 10.5. The first-order chi connectivity index (χ1) is 13.8. The van der Waals surface area contributed by atoms with Crippen LogP contribution in [-0.4, -0.2) is 21.4 Å². The Kier molecular flexibility index (Phi) is 6.20. The second kappa shape index (κ2) is 8.63. The summed E-state index contributed by atoms with van der Waals surface area (Å²) < 4.78 is 40.7.